The number of phenols is 1. The van der Waals surface area contributed by atoms with Gasteiger partial charge in [0.25, 0.3) is 0 Å². The minimum Gasteiger partial charge on any atom is -0.508 e. The smallest absolute Gasteiger partial charge is 0.307 e. The van der Waals surface area contributed by atoms with Crippen LogP contribution in [0.4, 0.5) is 0 Å². The van der Waals surface area contributed by atoms with Gasteiger partial charge in [0.2, 0.25) is 0 Å². The Kier molecular flexibility index (Phi) is 3.74. The van der Waals surface area contributed by atoms with Gasteiger partial charge in [-0.05, 0) is 34.7 Å². The SMILES string of the molecule is CC(C)Cc1ccc2c(CC(=O)O)c(O)ccc2c1. The van der Waals surface area contributed by atoms with Crippen molar-refractivity contribution < 1.29 is 15.0 Å². The lowest BCUT2D eigenvalue weighted by molar-refractivity contribution is -0.136. The van der Waals surface area contributed by atoms with Crippen LogP contribution in [-0.4, -0.2) is 16.2 Å². The quantitative estimate of drug-likeness (QED) is 0.884. The zero-order valence-corrected chi connectivity index (χ0v) is 11.2. The van der Waals surface area contributed by atoms with E-state index in [0.717, 1.165) is 17.2 Å². The Morgan fingerprint density at radius 2 is 1.95 bits per heavy atom. The van der Waals surface area contributed by atoms with E-state index in [2.05, 4.69) is 19.9 Å². The van der Waals surface area contributed by atoms with E-state index in [1.165, 1.54) is 5.56 Å². The van der Waals surface area contributed by atoms with Crippen LogP contribution in [0.25, 0.3) is 10.8 Å². The molecule has 19 heavy (non-hydrogen) atoms. The lowest BCUT2D eigenvalue weighted by atomic mass is 9.96. The first-order valence-corrected chi connectivity index (χ1v) is 6.42. The summed E-state index contributed by atoms with van der Waals surface area (Å²) in [5.74, 6) is -0.311. The lowest BCUT2D eigenvalue weighted by Crippen LogP contribution is -2.01. The van der Waals surface area contributed by atoms with E-state index < -0.39 is 5.97 Å². The van der Waals surface area contributed by atoms with Crippen molar-refractivity contribution in [1.29, 1.82) is 0 Å². The van der Waals surface area contributed by atoms with E-state index in [-0.39, 0.29) is 12.2 Å². The highest BCUT2D eigenvalue weighted by molar-refractivity contribution is 5.91. The maximum absolute atomic E-state index is 10.9. The number of benzene rings is 2. The second kappa shape index (κ2) is 5.31. The standard InChI is InChI=1S/C16H18O3/c1-10(2)7-11-3-5-13-12(8-11)4-6-15(17)14(13)9-16(18)19/h3-6,8,10,17H,7,9H2,1-2H3,(H,18,19). The van der Waals surface area contributed by atoms with Crippen molar-refractivity contribution in [2.45, 2.75) is 26.7 Å². The summed E-state index contributed by atoms with van der Waals surface area (Å²) in [6.45, 7) is 4.33. The molecule has 0 saturated heterocycles. The maximum atomic E-state index is 10.9. The van der Waals surface area contributed by atoms with Gasteiger partial charge < -0.3 is 10.2 Å². The van der Waals surface area contributed by atoms with Crippen LogP contribution in [0.5, 0.6) is 5.75 Å². The topological polar surface area (TPSA) is 57.5 Å². The van der Waals surface area contributed by atoms with Crippen molar-refractivity contribution in [3.8, 4) is 5.75 Å². The van der Waals surface area contributed by atoms with Crippen LogP contribution in [0.3, 0.4) is 0 Å². The van der Waals surface area contributed by atoms with Crippen molar-refractivity contribution in [2.24, 2.45) is 5.92 Å². The van der Waals surface area contributed by atoms with E-state index in [0.29, 0.717) is 11.5 Å². The molecule has 0 radical (unpaired) electrons. The zero-order chi connectivity index (χ0) is 14.0. The number of hydrogen-bond acceptors (Lipinski definition) is 2. The average Bonchev–Trinajstić information content (AvgIpc) is 2.31. The molecular weight excluding hydrogens is 240 g/mol. The van der Waals surface area contributed by atoms with Gasteiger partial charge in [-0.1, -0.05) is 38.1 Å². The first kappa shape index (κ1) is 13.4. The molecule has 0 aliphatic rings. The van der Waals surface area contributed by atoms with Gasteiger partial charge in [0.05, 0.1) is 6.42 Å². The molecule has 0 heterocycles. The summed E-state index contributed by atoms with van der Waals surface area (Å²) < 4.78 is 0. The van der Waals surface area contributed by atoms with Gasteiger partial charge in [0.15, 0.2) is 0 Å². The van der Waals surface area contributed by atoms with Crippen LogP contribution >= 0.6 is 0 Å². The molecular formula is C16H18O3. The largest absolute Gasteiger partial charge is 0.508 e. The van der Waals surface area contributed by atoms with Gasteiger partial charge in [-0.2, -0.15) is 0 Å². The van der Waals surface area contributed by atoms with Crippen molar-refractivity contribution in [1.82, 2.24) is 0 Å². The summed E-state index contributed by atoms with van der Waals surface area (Å²) in [5.41, 5.74) is 1.72. The van der Waals surface area contributed by atoms with E-state index in [1.54, 1.807) is 6.07 Å². The summed E-state index contributed by atoms with van der Waals surface area (Å²) in [6.07, 6.45) is 0.831. The molecule has 2 rings (SSSR count). The molecule has 2 aromatic rings. The molecule has 3 heteroatoms. The number of fused-ring (bicyclic) bond motifs is 1. The Morgan fingerprint density at radius 3 is 2.58 bits per heavy atom. The molecule has 100 valence electrons. The minimum absolute atomic E-state index is 0.0477. The highest BCUT2D eigenvalue weighted by atomic mass is 16.4. The van der Waals surface area contributed by atoms with Crippen LogP contribution in [0, 0.1) is 5.92 Å². The van der Waals surface area contributed by atoms with Gasteiger partial charge >= 0.3 is 5.97 Å². The molecule has 0 amide bonds. The van der Waals surface area contributed by atoms with E-state index in [1.807, 2.05) is 18.2 Å². The molecule has 3 nitrogen and oxygen atoms in total. The van der Waals surface area contributed by atoms with Crippen LogP contribution in [-0.2, 0) is 17.6 Å². The average molecular weight is 258 g/mol. The summed E-state index contributed by atoms with van der Waals surface area (Å²) in [5, 5.41) is 20.5. The van der Waals surface area contributed by atoms with Crippen LogP contribution < -0.4 is 0 Å². The van der Waals surface area contributed by atoms with Crippen molar-refractivity contribution in [3.63, 3.8) is 0 Å². The fourth-order valence-electron chi connectivity index (χ4n) is 2.37. The van der Waals surface area contributed by atoms with Gasteiger partial charge in [-0.15, -0.1) is 0 Å². The fourth-order valence-corrected chi connectivity index (χ4v) is 2.37. The fraction of sp³-hybridized carbons (Fsp3) is 0.312. The van der Waals surface area contributed by atoms with Gasteiger partial charge in [0, 0.05) is 5.56 Å². The molecule has 0 aliphatic heterocycles. The number of hydrogen-bond donors (Lipinski definition) is 2. The zero-order valence-electron chi connectivity index (χ0n) is 11.2. The predicted octanol–water partition coefficient (Wildman–Crippen LogP) is 3.37. The van der Waals surface area contributed by atoms with Crippen LogP contribution in [0.2, 0.25) is 0 Å². The third-order valence-corrected chi connectivity index (χ3v) is 3.14. The second-order valence-corrected chi connectivity index (χ2v) is 5.29. The molecule has 0 atom stereocenters. The number of aliphatic carboxylic acids is 1. The number of carbonyl (C=O) groups is 1. The summed E-state index contributed by atoms with van der Waals surface area (Å²) in [4.78, 5) is 10.9. The summed E-state index contributed by atoms with van der Waals surface area (Å²) >= 11 is 0. The molecule has 0 bridgehead atoms. The lowest BCUT2D eigenvalue weighted by Gasteiger charge is -2.10. The number of carboxylic acid groups (broad SMARTS) is 1. The first-order valence-electron chi connectivity index (χ1n) is 6.42. The molecule has 2 N–H and O–H groups in total. The van der Waals surface area contributed by atoms with Crippen molar-refractivity contribution in [3.05, 3.63) is 41.5 Å². The molecule has 0 aromatic heterocycles. The van der Waals surface area contributed by atoms with E-state index in [9.17, 15) is 9.90 Å². The number of rotatable bonds is 4. The number of aromatic hydroxyl groups is 1. The Hall–Kier alpha value is -2.03. The van der Waals surface area contributed by atoms with Crippen LogP contribution in [0.15, 0.2) is 30.3 Å². The van der Waals surface area contributed by atoms with E-state index in [4.69, 9.17) is 5.11 Å². The third-order valence-electron chi connectivity index (χ3n) is 3.14. The second-order valence-electron chi connectivity index (χ2n) is 5.29. The first-order chi connectivity index (χ1) is 8.97. The highest BCUT2D eigenvalue weighted by Gasteiger charge is 2.11. The molecule has 0 aliphatic carbocycles. The number of phenolic OH excluding ortho intramolecular Hbond substituents is 1. The Morgan fingerprint density at radius 1 is 1.21 bits per heavy atom. The normalized spacial score (nSPS) is 11.1. The van der Waals surface area contributed by atoms with Gasteiger partial charge in [-0.3, -0.25) is 4.79 Å². The molecule has 0 spiro atoms. The van der Waals surface area contributed by atoms with Crippen molar-refractivity contribution in [2.75, 3.05) is 0 Å². The Bertz CT molecular complexity index is 615. The molecule has 0 unspecified atom stereocenters. The third kappa shape index (κ3) is 3.05. The molecule has 2 aromatic carbocycles. The molecule has 0 saturated carbocycles. The predicted molar refractivity (Wildman–Crippen MR) is 75.5 cm³/mol. The Balaban J connectivity index is 2.51. The summed E-state index contributed by atoms with van der Waals surface area (Å²) in [7, 11) is 0. The minimum atomic E-state index is -0.936. The summed E-state index contributed by atoms with van der Waals surface area (Å²) in [6, 6.07) is 9.39. The Labute approximate surface area is 112 Å². The maximum Gasteiger partial charge on any atom is 0.307 e. The highest BCUT2D eigenvalue weighted by Crippen LogP contribution is 2.29. The van der Waals surface area contributed by atoms with Crippen molar-refractivity contribution >= 4 is 16.7 Å². The van der Waals surface area contributed by atoms with Gasteiger partial charge in [-0.25, -0.2) is 0 Å². The monoisotopic (exact) mass is 258 g/mol. The number of carboxylic acids is 1. The van der Waals surface area contributed by atoms with Crippen LogP contribution in [0.1, 0.15) is 25.0 Å². The molecule has 0 fully saturated rings. The van der Waals surface area contributed by atoms with E-state index >= 15 is 0 Å². The van der Waals surface area contributed by atoms with Gasteiger partial charge in [0.1, 0.15) is 5.75 Å².